The number of carbonyl (C=O) groups excluding carboxylic acids is 1. The van der Waals surface area contributed by atoms with Gasteiger partial charge >= 0.3 is 5.97 Å². The second-order valence-corrected chi connectivity index (χ2v) is 7.44. The predicted molar refractivity (Wildman–Crippen MR) is 117 cm³/mol. The molecule has 0 spiro atoms. The molecule has 0 amide bonds. The van der Waals surface area contributed by atoms with Gasteiger partial charge in [-0.1, -0.05) is 35.3 Å². The lowest BCUT2D eigenvalue weighted by Crippen LogP contribution is -2.07. The quantitative estimate of drug-likeness (QED) is 0.358. The molecule has 3 rings (SSSR count). The Kier molecular flexibility index (Phi) is 6.89. The first kappa shape index (κ1) is 20.9. The fourth-order valence-corrected chi connectivity index (χ4v) is 3.80. The summed E-state index contributed by atoms with van der Waals surface area (Å²) in [6.45, 7) is 2.02. The van der Waals surface area contributed by atoms with Crippen LogP contribution in [0.2, 0.25) is 10.0 Å². The van der Waals surface area contributed by atoms with Gasteiger partial charge < -0.3 is 10.1 Å². The summed E-state index contributed by atoms with van der Waals surface area (Å²) in [7, 11) is 0. The number of para-hydroxylation sites is 1. The van der Waals surface area contributed by atoms with Gasteiger partial charge in [0.15, 0.2) is 0 Å². The molecule has 0 saturated heterocycles. The Morgan fingerprint density at radius 3 is 2.83 bits per heavy atom. The van der Waals surface area contributed by atoms with Gasteiger partial charge in [-0.3, -0.25) is 0 Å². The minimum Gasteiger partial charge on any atom is -0.462 e. The number of thiazole rings is 1. The summed E-state index contributed by atoms with van der Waals surface area (Å²) < 4.78 is 5.06. The summed E-state index contributed by atoms with van der Waals surface area (Å²) in [6, 6.07) is 14.2. The van der Waals surface area contributed by atoms with Gasteiger partial charge in [0.25, 0.3) is 0 Å². The molecular weight excluding hydrogens is 429 g/mol. The Balaban J connectivity index is 1.86. The van der Waals surface area contributed by atoms with Gasteiger partial charge in [-0.15, -0.1) is 11.3 Å². The highest BCUT2D eigenvalue weighted by Gasteiger charge is 2.14. The number of hydrogen-bond acceptors (Lipinski definition) is 6. The second-order valence-electron chi connectivity index (χ2n) is 5.74. The lowest BCUT2D eigenvalue weighted by molar-refractivity contribution is 0.0527. The van der Waals surface area contributed by atoms with Crippen LogP contribution in [0.3, 0.4) is 0 Å². The van der Waals surface area contributed by atoms with E-state index in [0.29, 0.717) is 37.6 Å². The van der Waals surface area contributed by atoms with E-state index in [1.165, 1.54) is 17.5 Å². The van der Waals surface area contributed by atoms with Crippen LogP contribution in [0.15, 0.2) is 54.0 Å². The third-order valence-electron chi connectivity index (χ3n) is 3.86. The molecule has 5 nitrogen and oxygen atoms in total. The number of nitrogens with zero attached hydrogens (tertiary/aromatic N) is 2. The monoisotopic (exact) mass is 443 g/mol. The maximum absolute atomic E-state index is 12.1. The average Bonchev–Trinajstić information content (AvgIpc) is 3.18. The van der Waals surface area contributed by atoms with Gasteiger partial charge in [-0.05, 0) is 37.3 Å². The lowest BCUT2D eigenvalue weighted by Gasteiger charge is -2.08. The van der Waals surface area contributed by atoms with Gasteiger partial charge in [0.1, 0.15) is 16.6 Å². The summed E-state index contributed by atoms with van der Waals surface area (Å²) in [5.41, 5.74) is 2.63. The van der Waals surface area contributed by atoms with Crippen molar-refractivity contribution in [1.82, 2.24) is 4.98 Å². The summed E-state index contributed by atoms with van der Waals surface area (Å²) in [4.78, 5) is 16.6. The second kappa shape index (κ2) is 9.57. The van der Waals surface area contributed by atoms with Crippen LogP contribution in [0, 0.1) is 11.3 Å². The van der Waals surface area contributed by atoms with Crippen molar-refractivity contribution in [3.63, 3.8) is 0 Å². The number of aromatic nitrogens is 1. The van der Waals surface area contributed by atoms with Crippen LogP contribution in [0.5, 0.6) is 0 Å². The molecule has 0 bridgehead atoms. The van der Waals surface area contributed by atoms with Crippen molar-refractivity contribution < 1.29 is 9.53 Å². The number of anilines is 1. The van der Waals surface area contributed by atoms with E-state index in [0.717, 1.165) is 5.56 Å². The molecule has 0 atom stereocenters. The molecule has 0 aliphatic carbocycles. The third kappa shape index (κ3) is 4.96. The number of rotatable bonds is 6. The normalized spacial score (nSPS) is 11.0. The van der Waals surface area contributed by atoms with Crippen molar-refractivity contribution in [2.45, 2.75) is 6.92 Å². The fourth-order valence-electron chi connectivity index (χ4n) is 2.51. The molecule has 0 radical (unpaired) electrons. The number of ether oxygens (including phenoxy) is 1. The molecule has 1 N–H and O–H groups in total. The molecule has 1 aromatic heterocycles. The summed E-state index contributed by atoms with van der Waals surface area (Å²) in [6.07, 6.45) is 1.52. The predicted octanol–water partition coefficient (Wildman–Crippen LogP) is 6.27. The molecule has 0 aliphatic heterocycles. The number of esters is 1. The van der Waals surface area contributed by atoms with E-state index < -0.39 is 5.97 Å². The zero-order valence-electron chi connectivity index (χ0n) is 15.3. The SMILES string of the molecule is CCOC(=O)c1ccccc1N/C=C(/C#N)c1nc(-c2ccc(Cl)cc2Cl)cs1. The summed E-state index contributed by atoms with van der Waals surface area (Å²) in [5.74, 6) is -0.434. The first-order chi connectivity index (χ1) is 14.0. The average molecular weight is 444 g/mol. The standard InChI is InChI=1S/C21H15Cl2N3O2S/c1-2-28-21(27)16-5-3-4-6-18(16)25-11-13(10-24)20-26-19(12-29-20)15-8-7-14(22)9-17(15)23/h3-9,11-12,25H,2H2,1H3/b13-11-. The van der Waals surface area contributed by atoms with Crippen LogP contribution in [-0.2, 0) is 4.74 Å². The first-order valence-corrected chi connectivity index (χ1v) is 10.2. The zero-order valence-corrected chi connectivity index (χ0v) is 17.6. The highest BCUT2D eigenvalue weighted by molar-refractivity contribution is 7.11. The number of halogens is 2. The van der Waals surface area contributed by atoms with Crippen LogP contribution < -0.4 is 5.32 Å². The minimum absolute atomic E-state index is 0.279. The number of nitriles is 1. The van der Waals surface area contributed by atoms with E-state index in [1.54, 1.807) is 49.4 Å². The summed E-state index contributed by atoms with van der Waals surface area (Å²) in [5, 5.41) is 15.9. The molecule has 0 fully saturated rings. The van der Waals surface area contributed by atoms with Gasteiger partial charge in [-0.25, -0.2) is 9.78 Å². The van der Waals surface area contributed by atoms with Crippen molar-refractivity contribution in [2.75, 3.05) is 11.9 Å². The van der Waals surface area contributed by atoms with E-state index in [4.69, 9.17) is 27.9 Å². The van der Waals surface area contributed by atoms with E-state index in [2.05, 4.69) is 16.4 Å². The van der Waals surface area contributed by atoms with E-state index in [-0.39, 0.29) is 6.61 Å². The molecule has 0 saturated carbocycles. The number of allylic oxidation sites excluding steroid dienone is 1. The smallest absolute Gasteiger partial charge is 0.340 e. The lowest BCUT2D eigenvalue weighted by atomic mass is 10.1. The highest BCUT2D eigenvalue weighted by Crippen LogP contribution is 2.32. The zero-order chi connectivity index (χ0) is 20.8. The molecule has 1 heterocycles. The van der Waals surface area contributed by atoms with Crippen LogP contribution in [0.4, 0.5) is 5.69 Å². The Bertz CT molecular complexity index is 1120. The Labute approximate surface area is 182 Å². The molecule has 0 aliphatic rings. The minimum atomic E-state index is -0.434. The van der Waals surface area contributed by atoms with Crippen molar-refractivity contribution in [1.29, 1.82) is 5.26 Å². The number of hydrogen-bond donors (Lipinski definition) is 1. The van der Waals surface area contributed by atoms with Gasteiger partial charge in [0.2, 0.25) is 0 Å². The van der Waals surface area contributed by atoms with E-state index in [1.807, 2.05) is 5.38 Å². The van der Waals surface area contributed by atoms with Crippen molar-refractivity contribution in [3.05, 3.63) is 74.7 Å². The fraction of sp³-hybridized carbons (Fsp3) is 0.0952. The number of carbonyl (C=O) groups is 1. The molecule has 146 valence electrons. The highest BCUT2D eigenvalue weighted by atomic mass is 35.5. The van der Waals surface area contributed by atoms with Crippen molar-refractivity contribution in [3.8, 4) is 17.3 Å². The largest absolute Gasteiger partial charge is 0.462 e. The van der Waals surface area contributed by atoms with Crippen LogP contribution in [-0.4, -0.2) is 17.6 Å². The Morgan fingerprint density at radius 2 is 2.10 bits per heavy atom. The number of nitrogens with one attached hydrogen (secondary N) is 1. The molecule has 3 aromatic rings. The molecule has 0 unspecified atom stereocenters. The molecule has 8 heteroatoms. The van der Waals surface area contributed by atoms with Crippen molar-refractivity contribution in [2.24, 2.45) is 0 Å². The van der Waals surface area contributed by atoms with Gasteiger partial charge in [0, 0.05) is 22.2 Å². The summed E-state index contributed by atoms with van der Waals surface area (Å²) >= 11 is 13.5. The number of benzene rings is 2. The third-order valence-corrected chi connectivity index (χ3v) is 5.28. The topological polar surface area (TPSA) is 75.0 Å². The first-order valence-electron chi connectivity index (χ1n) is 8.57. The molecular formula is C21H15Cl2N3O2S. The Morgan fingerprint density at radius 1 is 1.31 bits per heavy atom. The van der Waals surface area contributed by atoms with Gasteiger partial charge in [-0.2, -0.15) is 5.26 Å². The van der Waals surface area contributed by atoms with Gasteiger partial charge in [0.05, 0.1) is 28.6 Å². The molecule has 2 aromatic carbocycles. The van der Waals surface area contributed by atoms with E-state index in [9.17, 15) is 10.1 Å². The van der Waals surface area contributed by atoms with Crippen LogP contribution in [0.25, 0.3) is 16.8 Å². The van der Waals surface area contributed by atoms with Crippen LogP contribution >= 0.6 is 34.5 Å². The van der Waals surface area contributed by atoms with Crippen molar-refractivity contribution >= 4 is 51.8 Å². The molecule has 29 heavy (non-hydrogen) atoms. The van der Waals surface area contributed by atoms with Crippen LogP contribution in [0.1, 0.15) is 22.3 Å². The maximum atomic E-state index is 12.1. The Hall–Kier alpha value is -2.85. The van der Waals surface area contributed by atoms with E-state index >= 15 is 0 Å². The maximum Gasteiger partial charge on any atom is 0.340 e.